The zero-order valence-corrected chi connectivity index (χ0v) is 9.84. The van der Waals surface area contributed by atoms with Crippen LogP contribution in [0, 0.1) is 5.41 Å². The van der Waals surface area contributed by atoms with Gasteiger partial charge in [0.05, 0.1) is 0 Å². The van der Waals surface area contributed by atoms with Crippen molar-refractivity contribution in [2.45, 2.75) is 58.0 Å². The van der Waals surface area contributed by atoms with E-state index in [2.05, 4.69) is 25.7 Å². The SMILES string of the molecule is CCCC(C)(C)N1CC(N)C2(CC2)C1. The molecule has 2 fully saturated rings. The van der Waals surface area contributed by atoms with E-state index in [9.17, 15) is 0 Å². The Morgan fingerprint density at radius 1 is 1.43 bits per heavy atom. The zero-order chi connectivity index (χ0) is 10.4. The lowest BCUT2D eigenvalue weighted by Gasteiger charge is -2.35. The van der Waals surface area contributed by atoms with E-state index in [0.29, 0.717) is 17.0 Å². The fourth-order valence-electron chi connectivity index (χ4n) is 2.91. The molecular formula is C12H24N2. The molecule has 14 heavy (non-hydrogen) atoms. The highest BCUT2D eigenvalue weighted by Crippen LogP contribution is 2.53. The van der Waals surface area contributed by atoms with Crippen molar-refractivity contribution in [1.29, 1.82) is 0 Å². The van der Waals surface area contributed by atoms with Crippen LogP contribution in [0.25, 0.3) is 0 Å². The Kier molecular flexibility index (Phi) is 2.39. The average molecular weight is 196 g/mol. The number of nitrogens with two attached hydrogens (primary N) is 1. The maximum Gasteiger partial charge on any atom is 0.0237 e. The van der Waals surface area contributed by atoms with Gasteiger partial charge in [0.1, 0.15) is 0 Å². The quantitative estimate of drug-likeness (QED) is 0.748. The molecule has 1 aliphatic heterocycles. The van der Waals surface area contributed by atoms with E-state index in [-0.39, 0.29) is 0 Å². The van der Waals surface area contributed by atoms with Gasteiger partial charge in [-0.15, -0.1) is 0 Å². The fraction of sp³-hybridized carbons (Fsp3) is 1.00. The Bertz CT molecular complexity index is 218. The predicted molar refractivity (Wildman–Crippen MR) is 60.2 cm³/mol. The van der Waals surface area contributed by atoms with Crippen molar-refractivity contribution in [2.24, 2.45) is 11.1 Å². The molecular weight excluding hydrogens is 172 g/mol. The number of nitrogens with zero attached hydrogens (tertiary/aromatic N) is 1. The molecule has 0 amide bonds. The molecule has 1 unspecified atom stereocenters. The topological polar surface area (TPSA) is 29.3 Å². The average Bonchev–Trinajstić information content (AvgIpc) is 2.76. The van der Waals surface area contributed by atoms with Crippen LogP contribution >= 0.6 is 0 Å². The summed E-state index contributed by atoms with van der Waals surface area (Å²) in [7, 11) is 0. The number of likely N-dealkylation sites (tertiary alicyclic amines) is 1. The summed E-state index contributed by atoms with van der Waals surface area (Å²) < 4.78 is 0. The lowest BCUT2D eigenvalue weighted by atomic mass is 9.97. The van der Waals surface area contributed by atoms with Crippen LogP contribution in [0.3, 0.4) is 0 Å². The second kappa shape index (κ2) is 3.21. The first-order chi connectivity index (χ1) is 6.50. The van der Waals surface area contributed by atoms with E-state index in [0.717, 1.165) is 6.54 Å². The van der Waals surface area contributed by atoms with Crippen molar-refractivity contribution < 1.29 is 0 Å². The largest absolute Gasteiger partial charge is 0.326 e. The van der Waals surface area contributed by atoms with Gasteiger partial charge in [-0.25, -0.2) is 0 Å². The standard InChI is InChI=1S/C12H24N2/c1-4-5-11(2,3)14-8-10(13)12(9-14)6-7-12/h10H,4-9,13H2,1-3H3. The van der Waals surface area contributed by atoms with Gasteiger partial charge in [-0.05, 0) is 38.5 Å². The molecule has 0 aromatic heterocycles. The van der Waals surface area contributed by atoms with E-state index in [4.69, 9.17) is 5.73 Å². The van der Waals surface area contributed by atoms with E-state index in [1.165, 1.54) is 32.2 Å². The Morgan fingerprint density at radius 2 is 2.07 bits per heavy atom. The molecule has 1 heterocycles. The van der Waals surface area contributed by atoms with Crippen LogP contribution in [-0.4, -0.2) is 29.6 Å². The van der Waals surface area contributed by atoms with Gasteiger partial charge in [-0.1, -0.05) is 13.3 Å². The second-order valence-electron chi connectivity index (χ2n) is 5.91. The highest BCUT2D eigenvalue weighted by Gasteiger charge is 2.55. The summed E-state index contributed by atoms with van der Waals surface area (Å²) in [4.78, 5) is 2.62. The predicted octanol–water partition coefficient (Wildman–Crippen LogP) is 1.99. The van der Waals surface area contributed by atoms with Gasteiger partial charge in [-0.3, -0.25) is 4.90 Å². The van der Waals surface area contributed by atoms with E-state index < -0.39 is 0 Å². The molecule has 82 valence electrons. The highest BCUT2D eigenvalue weighted by atomic mass is 15.2. The summed E-state index contributed by atoms with van der Waals surface area (Å²) in [5.74, 6) is 0. The third kappa shape index (κ3) is 1.59. The molecule has 2 nitrogen and oxygen atoms in total. The van der Waals surface area contributed by atoms with Gasteiger partial charge in [0, 0.05) is 24.7 Å². The van der Waals surface area contributed by atoms with Crippen molar-refractivity contribution in [1.82, 2.24) is 4.90 Å². The Hall–Kier alpha value is -0.0800. The van der Waals surface area contributed by atoms with Crippen LogP contribution in [0.2, 0.25) is 0 Å². The summed E-state index contributed by atoms with van der Waals surface area (Å²) in [6, 6.07) is 0.443. The van der Waals surface area contributed by atoms with Crippen molar-refractivity contribution in [3.05, 3.63) is 0 Å². The van der Waals surface area contributed by atoms with E-state index in [1.807, 2.05) is 0 Å². The minimum atomic E-state index is 0.360. The van der Waals surface area contributed by atoms with E-state index >= 15 is 0 Å². The molecule has 1 aliphatic carbocycles. The van der Waals surface area contributed by atoms with Crippen molar-refractivity contribution in [3.8, 4) is 0 Å². The molecule has 0 aromatic carbocycles. The van der Waals surface area contributed by atoms with Crippen LogP contribution in [0.15, 0.2) is 0 Å². The highest BCUT2D eigenvalue weighted by molar-refractivity contribution is 5.10. The Morgan fingerprint density at radius 3 is 2.50 bits per heavy atom. The lowest BCUT2D eigenvalue weighted by Crippen LogP contribution is -2.43. The van der Waals surface area contributed by atoms with Crippen molar-refractivity contribution >= 4 is 0 Å². The normalized spacial score (nSPS) is 31.3. The van der Waals surface area contributed by atoms with Crippen LogP contribution in [0.4, 0.5) is 0 Å². The molecule has 1 saturated heterocycles. The van der Waals surface area contributed by atoms with Crippen LogP contribution < -0.4 is 5.73 Å². The number of hydrogen-bond donors (Lipinski definition) is 1. The summed E-state index contributed by atoms with van der Waals surface area (Å²) in [6.45, 7) is 9.37. The summed E-state index contributed by atoms with van der Waals surface area (Å²) in [6.07, 6.45) is 5.29. The molecule has 0 aromatic rings. The Balaban J connectivity index is 2.00. The van der Waals surface area contributed by atoms with E-state index in [1.54, 1.807) is 0 Å². The molecule has 2 aliphatic rings. The van der Waals surface area contributed by atoms with Crippen LogP contribution in [0.5, 0.6) is 0 Å². The second-order valence-corrected chi connectivity index (χ2v) is 5.91. The number of hydrogen-bond acceptors (Lipinski definition) is 2. The molecule has 2 N–H and O–H groups in total. The molecule has 2 heteroatoms. The van der Waals surface area contributed by atoms with Gasteiger partial charge in [0.15, 0.2) is 0 Å². The summed E-state index contributed by atoms with van der Waals surface area (Å²) >= 11 is 0. The zero-order valence-electron chi connectivity index (χ0n) is 9.84. The minimum Gasteiger partial charge on any atom is -0.326 e. The van der Waals surface area contributed by atoms with Crippen LogP contribution in [0.1, 0.15) is 46.5 Å². The third-order valence-corrected chi connectivity index (χ3v) is 4.32. The smallest absolute Gasteiger partial charge is 0.0237 e. The maximum absolute atomic E-state index is 6.22. The van der Waals surface area contributed by atoms with Crippen LogP contribution in [-0.2, 0) is 0 Å². The van der Waals surface area contributed by atoms with Crippen molar-refractivity contribution in [2.75, 3.05) is 13.1 Å². The first kappa shape index (κ1) is 10.4. The van der Waals surface area contributed by atoms with Gasteiger partial charge in [0.25, 0.3) is 0 Å². The van der Waals surface area contributed by atoms with Gasteiger partial charge < -0.3 is 5.73 Å². The number of rotatable bonds is 3. The third-order valence-electron chi connectivity index (χ3n) is 4.32. The molecule has 0 bridgehead atoms. The summed E-state index contributed by atoms with van der Waals surface area (Å²) in [5.41, 5.74) is 7.11. The summed E-state index contributed by atoms with van der Waals surface area (Å²) in [5, 5.41) is 0. The Labute approximate surface area is 87.8 Å². The first-order valence-electron chi connectivity index (χ1n) is 6.01. The molecule has 1 saturated carbocycles. The maximum atomic E-state index is 6.22. The molecule has 0 radical (unpaired) electrons. The first-order valence-corrected chi connectivity index (χ1v) is 6.01. The minimum absolute atomic E-state index is 0.360. The van der Waals surface area contributed by atoms with Gasteiger partial charge in [0.2, 0.25) is 0 Å². The van der Waals surface area contributed by atoms with Gasteiger partial charge >= 0.3 is 0 Å². The molecule has 2 rings (SSSR count). The fourth-order valence-corrected chi connectivity index (χ4v) is 2.91. The monoisotopic (exact) mass is 196 g/mol. The molecule has 1 spiro atoms. The van der Waals surface area contributed by atoms with Gasteiger partial charge in [-0.2, -0.15) is 0 Å². The van der Waals surface area contributed by atoms with Crippen molar-refractivity contribution in [3.63, 3.8) is 0 Å². The lowest BCUT2D eigenvalue weighted by molar-refractivity contribution is 0.135. The molecule has 1 atom stereocenters.